The first-order valence-electron chi connectivity index (χ1n) is 4.25. The lowest BCUT2D eigenvalue weighted by Crippen LogP contribution is -2.21. The number of rotatable bonds is 4. The van der Waals surface area contributed by atoms with Crippen LogP contribution in [0.5, 0.6) is 0 Å². The van der Waals surface area contributed by atoms with Gasteiger partial charge in [-0.15, -0.1) is 0 Å². The minimum atomic E-state index is -0.800. The van der Waals surface area contributed by atoms with Crippen molar-refractivity contribution in [2.75, 3.05) is 13.6 Å². The molecule has 3 heteroatoms. The molecule has 0 spiro atoms. The van der Waals surface area contributed by atoms with Crippen molar-refractivity contribution in [2.24, 2.45) is 0 Å². The smallest absolute Gasteiger partial charge is 0.116 e. The molecular formula is C10H13BrFN. The summed E-state index contributed by atoms with van der Waals surface area (Å²) in [7, 11) is 1.76. The molecule has 0 amide bonds. The van der Waals surface area contributed by atoms with Crippen LogP contribution in [0.3, 0.4) is 0 Å². The normalized spacial score (nSPS) is 12.8. The SMILES string of the molecule is CNC[C@@H](F)Cc1ccc(Br)cc1. The Morgan fingerprint density at radius 2 is 2.00 bits per heavy atom. The summed E-state index contributed by atoms with van der Waals surface area (Å²) in [4.78, 5) is 0. The van der Waals surface area contributed by atoms with E-state index in [4.69, 9.17) is 0 Å². The van der Waals surface area contributed by atoms with E-state index in [1.807, 2.05) is 24.3 Å². The van der Waals surface area contributed by atoms with Gasteiger partial charge in [0.15, 0.2) is 0 Å². The molecule has 0 radical (unpaired) electrons. The van der Waals surface area contributed by atoms with Crippen LogP contribution in [0, 0.1) is 0 Å². The first-order valence-corrected chi connectivity index (χ1v) is 5.05. The van der Waals surface area contributed by atoms with Crippen molar-refractivity contribution >= 4 is 15.9 Å². The Morgan fingerprint density at radius 1 is 1.38 bits per heavy atom. The zero-order valence-electron chi connectivity index (χ0n) is 7.56. The average Bonchev–Trinajstić information content (AvgIpc) is 2.09. The molecule has 0 aromatic heterocycles. The molecule has 0 aliphatic carbocycles. The predicted octanol–water partition coefficient (Wildman–Crippen LogP) is 2.55. The fourth-order valence-corrected chi connectivity index (χ4v) is 1.43. The van der Waals surface area contributed by atoms with Gasteiger partial charge in [-0.25, -0.2) is 4.39 Å². The third-order valence-corrected chi connectivity index (χ3v) is 2.32. The zero-order chi connectivity index (χ0) is 9.68. The Morgan fingerprint density at radius 3 is 2.54 bits per heavy atom. The fourth-order valence-electron chi connectivity index (χ4n) is 1.17. The highest BCUT2D eigenvalue weighted by Gasteiger charge is 2.05. The first-order chi connectivity index (χ1) is 6.22. The second kappa shape index (κ2) is 5.35. The standard InChI is InChI=1S/C10H13BrFN/c1-13-7-10(12)6-8-2-4-9(11)5-3-8/h2-5,10,13H,6-7H2,1H3/t10-/m0/s1. The van der Waals surface area contributed by atoms with E-state index in [9.17, 15) is 4.39 Å². The van der Waals surface area contributed by atoms with Crippen LogP contribution >= 0.6 is 15.9 Å². The second-order valence-electron chi connectivity index (χ2n) is 2.99. The minimum absolute atomic E-state index is 0.413. The highest BCUT2D eigenvalue weighted by atomic mass is 79.9. The molecule has 0 bridgehead atoms. The second-order valence-corrected chi connectivity index (χ2v) is 3.90. The van der Waals surface area contributed by atoms with Gasteiger partial charge in [0.1, 0.15) is 6.17 Å². The topological polar surface area (TPSA) is 12.0 Å². The summed E-state index contributed by atoms with van der Waals surface area (Å²) in [6.45, 7) is 0.413. The van der Waals surface area contributed by atoms with Crippen molar-refractivity contribution in [3.63, 3.8) is 0 Å². The fraction of sp³-hybridized carbons (Fsp3) is 0.400. The third kappa shape index (κ3) is 3.87. The van der Waals surface area contributed by atoms with Crippen LogP contribution in [0.15, 0.2) is 28.7 Å². The van der Waals surface area contributed by atoms with Crippen molar-refractivity contribution in [3.8, 4) is 0 Å². The maximum Gasteiger partial charge on any atom is 0.116 e. The number of nitrogens with one attached hydrogen (secondary N) is 1. The molecule has 72 valence electrons. The summed E-state index contributed by atoms with van der Waals surface area (Å²) in [6, 6.07) is 7.74. The van der Waals surface area contributed by atoms with E-state index in [0.29, 0.717) is 13.0 Å². The molecule has 0 saturated heterocycles. The molecule has 1 rings (SSSR count). The Hall–Kier alpha value is -0.410. The van der Waals surface area contributed by atoms with Gasteiger partial charge in [0.2, 0.25) is 0 Å². The lowest BCUT2D eigenvalue weighted by molar-refractivity contribution is 0.324. The number of alkyl halides is 1. The van der Waals surface area contributed by atoms with E-state index >= 15 is 0 Å². The molecule has 0 saturated carbocycles. The summed E-state index contributed by atoms with van der Waals surface area (Å²) in [5.74, 6) is 0. The van der Waals surface area contributed by atoms with Crippen molar-refractivity contribution < 1.29 is 4.39 Å². The van der Waals surface area contributed by atoms with Gasteiger partial charge in [0, 0.05) is 17.4 Å². The monoisotopic (exact) mass is 245 g/mol. The summed E-state index contributed by atoms with van der Waals surface area (Å²) in [5, 5.41) is 2.81. The number of benzene rings is 1. The van der Waals surface area contributed by atoms with E-state index in [2.05, 4.69) is 21.2 Å². The number of halogens is 2. The van der Waals surface area contributed by atoms with E-state index in [0.717, 1.165) is 10.0 Å². The van der Waals surface area contributed by atoms with Gasteiger partial charge in [-0.1, -0.05) is 28.1 Å². The molecule has 0 aliphatic rings. The minimum Gasteiger partial charge on any atom is -0.317 e. The van der Waals surface area contributed by atoms with Crippen molar-refractivity contribution in [1.82, 2.24) is 5.32 Å². The van der Waals surface area contributed by atoms with Crippen LogP contribution in [0.4, 0.5) is 4.39 Å². The molecule has 1 atom stereocenters. The molecule has 1 aromatic rings. The number of hydrogen-bond donors (Lipinski definition) is 1. The first kappa shape index (κ1) is 10.7. The highest BCUT2D eigenvalue weighted by molar-refractivity contribution is 9.10. The molecule has 1 nitrogen and oxygen atoms in total. The van der Waals surface area contributed by atoms with Gasteiger partial charge in [-0.05, 0) is 24.7 Å². The Bertz CT molecular complexity index is 248. The quantitative estimate of drug-likeness (QED) is 0.860. The third-order valence-electron chi connectivity index (χ3n) is 1.80. The van der Waals surface area contributed by atoms with E-state index in [1.54, 1.807) is 7.05 Å². The number of hydrogen-bond acceptors (Lipinski definition) is 1. The summed E-state index contributed by atoms with van der Waals surface area (Å²) in [6.07, 6.45) is -0.320. The van der Waals surface area contributed by atoms with Crippen LogP contribution in [0.2, 0.25) is 0 Å². The highest BCUT2D eigenvalue weighted by Crippen LogP contribution is 2.12. The maximum atomic E-state index is 13.1. The Balaban J connectivity index is 2.49. The molecule has 1 aromatic carbocycles. The van der Waals surface area contributed by atoms with Gasteiger partial charge in [0.05, 0.1) is 0 Å². The van der Waals surface area contributed by atoms with Crippen LogP contribution in [0.25, 0.3) is 0 Å². The van der Waals surface area contributed by atoms with Crippen LogP contribution in [-0.4, -0.2) is 19.8 Å². The van der Waals surface area contributed by atoms with Gasteiger partial charge < -0.3 is 5.32 Å². The van der Waals surface area contributed by atoms with Crippen molar-refractivity contribution in [2.45, 2.75) is 12.6 Å². The molecule has 0 fully saturated rings. The Labute approximate surface area is 86.5 Å². The Kier molecular flexibility index (Phi) is 4.39. The van der Waals surface area contributed by atoms with Crippen LogP contribution < -0.4 is 5.32 Å². The predicted molar refractivity (Wildman–Crippen MR) is 56.7 cm³/mol. The summed E-state index contributed by atoms with van der Waals surface area (Å²) in [5.41, 5.74) is 1.03. The summed E-state index contributed by atoms with van der Waals surface area (Å²) < 4.78 is 14.1. The van der Waals surface area contributed by atoms with E-state index in [-0.39, 0.29) is 0 Å². The molecule has 0 heterocycles. The van der Waals surface area contributed by atoms with Gasteiger partial charge in [-0.2, -0.15) is 0 Å². The average molecular weight is 246 g/mol. The largest absolute Gasteiger partial charge is 0.317 e. The van der Waals surface area contributed by atoms with Gasteiger partial charge in [-0.3, -0.25) is 0 Å². The van der Waals surface area contributed by atoms with Gasteiger partial charge >= 0.3 is 0 Å². The van der Waals surface area contributed by atoms with Crippen LogP contribution in [-0.2, 0) is 6.42 Å². The van der Waals surface area contributed by atoms with E-state index in [1.165, 1.54) is 0 Å². The van der Waals surface area contributed by atoms with Crippen LogP contribution in [0.1, 0.15) is 5.56 Å². The molecule has 13 heavy (non-hydrogen) atoms. The van der Waals surface area contributed by atoms with E-state index < -0.39 is 6.17 Å². The van der Waals surface area contributed by atoms with Gasteiger partial charge in [0.25, 0.3) is 0 Å². The maximum absolute atomic E-state index is 13.1. The van der Waals surface area contributed by atoms with Crippen molar-refractivity contribution in [3.05, 3.63) is 34.3 Å². The molecule has 0 aliphatic heterocycles. The summed E-state index contributed by atoms with van der Waals surface area (Å²) >= 11 is 3.34. The lowest BCUT2D eigenvalue weighted by Gasteiger charge is -2.06. The zero-order valence-corrected chi connectivity index (χ0v) is 9.14. The van der Waals surface area contributed by atoms with Crippen molar-refractivity contribution in [1.29, 1.82) is 0 Å². The molecule has 0 unspecified atom stereocenters. The molecule has 1 N–H and O–H groups in total. The lowest BCUT2D eigenvalue weighted by atomic mass is 10.1. The molecular weight excluding hydrogens is 233 g/mol.